The van der Waals surface area contributed by atoms with Crippen LogP contribution in [-0.4, -0.2) is 11.0 Å². The maximum absolute atomic E-state index is 6.02. The number of rotatable bonds is 7. The predicted molar refractivity (Wildman–Crippen MR) is 85.8 cm³/mol. The molecule has 0 fully saturated rings. The lowest BCUT2D eigenvalue weighted by molar-refractivity contribution is 0.0458. The van der Waals surface area contributed by atoms with E-state index in [1.54, 1.807) is 0 Å². The van der Waals surface area contributed by atoms with Gasteiger partial charge in [-0.2, -0.15) is 0 Å². The Bertz CT molecular complexity index is 330. The van der Waals surface area contributed by atoms with E-state index in [0.717, 1.165) is 15.5 Å². The van der Waals surface area contributed by atoms with Crippen molar-refractivity contribution in [2.45, 2.75) is 32.8 Å². The Hall–Kier alpha value is 0.390. The zero-order valence-electron chi connectivity index (χ0n) is 10.5. The SMILES string of the molecule is CCCC(C)COC(CI)c1cccc(Br)c1. The number of hydrogen-bond donors (Lipinski definition) is 0. The quantitative estimate of drug-likeness (QED) is 0.433. The molecular weight excluding hydrogens is 391 g/mol. The first kappa shape index (κ1) is 15.4. The monoisotopic (exact) mass is 410 g/mol. The van der Waals surface area contributed by atoms with Crippen LogP contribution in [-0.2, 0) is 4.74 Å². The molecule has 0 saturated carbocycles. The summed E-state index contributed by atoms with van der Waals surface area (Å²) in [6.45, 7) is 5.34. The fraction of sp³-hybridized carbons (Fsp3) is 0.571. The maximum atomic E-state index is 6.02. The van der Waals surface area contributed by atoms with Gasteiger partial charge in [0.1, 0.15) is 0 Å². The molecule has 0 amide bonds. The van der Waals surface area contributed by atoms with E-state index in [1.807, 2.05) is 6.07 Å². The van der Waals surface area contributed by atoms with Gasteiger partial charge in [-0.15, -0.1) is 0 Å². The van der Waals surface area contributed by atoms with Crippen LogP contribution in [0.25, 0.3) is 0 Å². The largest absolute Gasteiger partial charge is 0.372 e. The van der Waals surface area contributed by atoms with Gasteiger partial charge in [0.05, 0.1) is 6.10 Å². The molecule has 1 aromatic carbocycles. The van der Waals surface area contributed by atoms with Crippen molar-refractivity contribution in [3.05, 3.63) is 34.3 Å². The van der Waals surface area contributed by atoms with E-state index in [-0.39, 0.29) is 6.10 Å². The van der Waals surface area contributed by atoms with Gasteiger partial charge in [-0.25, -0.2) is 0 Å². The average molecular weight is 411 g/mol. The summed E-state index contributed by atoms with van der Waals surface area (Å²) in [7, 11) is 0. The van der Waals surface area contributed by atoms with Crippen LogP contribution in [0, 0.1) is 5.92 Å². The molecule has 1 aromatic rings. The van der Waals surface area contributed by atoms with Crippen molar-refractivity contribution < 1.29 is 4.74 Å². The minimum absolute atomic E-state index is 0.215. The summed E-state index contributed by atoms with van der Waals surface area (Å²) in [5.74, 6) is 0.651. The van der Waals surface area contributed by atoms with Gasteiger partial charge in [0, 0.05) is 15.5 Å². The van der Waals surface area contributed by atoms with Gasteiger partial charge >= 0.3 is 0 Å². The van der Waals surface area contributed by atoms with Gasteiger partial charge in [0.2, 0.25) is 0 Å². The van der Waals surface area contributed by atoms with Crippen LogP contribution in [0.1, 0.15) is 38.4 Å². The van der Waals surface area contributed by atoms with Gasteiger partial charge in [-0.3, -0.25) is 0 Å². The Morgan fingerprint density at radius 1 is 1.41 bits per heavy atom. The molecule has 0 aliphatic rings. The Balaban J connectivity index is 2.54. The molecule has 0 aliphatic carbocycles. The first-order valence-corrected chi connectivity index (χ1v) is 8.42. The van der Waals surface area contributed by atoms with Crippen LogP contribution in [0.15, 0.2) is 28.7 Å². The Kier molecular flexibility index (Phi) is 7.71. The standard InChI is InChI=1S/C14H20BrIO/c1-3-5-11(2)10-17-14(9-16)12-6-4-7-13(15)8-12/h4,6-8,11,14H,3,5,9-10H2,1-2H3. The van der Waals surface area contributed by atoms with Crippen LogP contribution < -0.4 is 0 Å². The number of benzene rings is 1. The summed E-state index contributed by atoms with van der Waals surface area (Å²) >= 11 is 5.90. The molecule has 0 saturated heterocycles. The van der Waals surface area contributed by atoms with Crippen LogP contribution in [0.5, 0.6) is 0 Å². The normalized spacial score (nSPS) is 14.6. The zero-order valence-corrected chi connectivity index (χ0v) is 14.2. The minimum Gasteiger partial charge on any atom is -0.372 e. The Labute approximate surface area is 127 Å². The zero-order chi connectivity index (χ0) is 12.7. The maximum Gasteiger partial charge on any atom is 0.0914 e. The molecule has 0 bridgehead atoms. The number of ether oxygens (including phenoxy) is 1. The number of hydrogen-bond acceptors (Lipinski definition) is 1. The third-order valence-corrected chi connectivity index (χ3v) is 4.02. The molecule has 1 rings (SSSR count). The second-order valence-corrected chi connectivity index (χ2v) is 6.22. The highest BCUT2D eigenvalue weighted by atomic mass is 127. The highest BCUT2D eigenvalue weighted by Crippen LogP contribution is 2.24. The van der Waals surface area contributed by atoms with Crippen molar-refractivity contribution in [2.24, 2.45) is 5.92 Å². The third kappa shape index (κ3) is 5.71. The lowest BCUT2D eigenvalue weighted by Crippen LogP contribution is -2.12. The summed E-state index contributed by atoms with van der Waals surface area (Å²) in [4.78, 5) is 0. The van der Waals surface area contributed by atoms with Gasteiger partial charge in [-0.1, -0.05) is 70.9 Å². The highest BCUT2D eigenvalue weighted by Gasteiger charge is 2.12. The smallest absolute Gasteiger partial charge is 0.0914 e. The summed E-state index contributed by atoms with van der Waals surface area (Å²) < 4.78 is 8.13. The predicted octanol–water partition coefficient (Wildman–Crippen LogP) is 5.38. The molecule has 0 spiro atoms. The van der Waals surface area contributed by atoms with E-state index in [2.05, 4.69) is 70.6 Å². The minimum atomic E-state index is 0.215. The lowest BCUT2D eigenvalue weighted by Gasteiger charge is -2.19. The van der Waals surface area contributed by atoms with Crippen molar-refractivity contribution in [1.82, 2.24) is 0 Å². The lowest BCUT2D eigenvalue weighted by atomic mass is 10.1. The number of alkyl halides is 1. The third-order valence-electron chi connectivity index (χ3n) is 2.72. The molecule has 0 heterocycles. The van der Waals surface area contributed by atoms with E-state index in [0.29, 0.717) is 5.92 Å². The highest BCUT2D eigenvalue weighted by molar-refractivity contribution is 14.1. The molecule has 0 radical (unpaired) electrons. The molecule has 0 aliphatic heterocycles. The average Bonchev–Trinajstić information content (AvgIpc) is 2.30. The fourth-order valence-corrected chi connectivity index (χ4v) is 2.97. The van der Waals surface area contributed by atoms with Crippen LogP contribution in [0.4, 0.5) is 0 Å². The van der Waals surface area contributed by atoms with Crippen LogP contribution >= 0.6 is 38.5 Å². The molecule has 2 unspecified atom stereocenters. The molecule has 2 atom stereocenters. The summed E-state index contributed by atoms with van der Waals surface area (Å²) in [6.07, 6.45) is 2.69. The van der Waals surface area contributed by atoms with Crippen LogP contribution in [0.2, 0.25) is 0 Å². The molecular formula is C14H20BrIO. The van der Waals surface area contributed by atoms with Gasteiger partial charge in [-0.05, 0) is 30.0 Å². The van der Waals surface area contributed by atoms with Crippen molar-refractivity contribution in [3.63, 3.8) is 0 Å². The second kappa shape index (κ2) is 8.48. The van der Waals surface area contributed by atoms with Gasteiger partial charge in [0.15, 0.2) is 0 Å². The van der Waals surface area contributed by atoms with Crippen LogP contribution in [0.3, 0.4) is 0 Å². The van der Waals surface area contributed by atoms with Crippen molar-refractivity contribution in [3.8, 4) is 0 Å². The summed E-state index contributed by atoms with van der Waals surface area (Å²) in [6, 6.07) is 8.40. The Morgan fingerprint density at radius 2 is 2.18 bits per heavy atom. The molecule has 3 heteroatoms. The summed E-state index contributed by atoms with van der Waals surface area (Å²) in [5, 5.41) is 0. The van der Waals surface area contributed by atoms with Gasteiger partial charge < -0.3 is 4.74 Å². The first-order valence-electron chi connectivity index (χ1n) is 6.10. The van der Waals surface area contributed by atoms with Crippen molar-refractivity contribution in [1.29, 1.82) is 0 Å². The van der Waals surface area contributed by atoms with E-state index in [4.69, 9.17) is 4.74 Å². The molecule has 1 nitrogen and oxygen atoms in total. The topological polar surface area (TPSA) is 9.23 Å². The molecule has 0 N–H and O–H groups in total. The van der Waals surface area contributed by atoms with E-state index in [9.17, 15) is 0 Å². The van der Waals surface area contributed by atoms with Gasteiger partial charge in [0.25, 0.3) is 0 Å². The first-order chi connectivity index (χ1) is 8.17. The van der Waals surface area contributed by atoms with Crippen molar-refractivity contribution >= 4 is 38.5 Å². The number of halogens is 2. The van der Waals surface area contributed by atoms with E-state index in [1.165, 1.54) is 18.4 Å². The molecule has 17 heavy (non-hydrogen) atoms. The second-order valence-electron chi connectivity index (χ2n) is 4.43. The van der Waals surface area contributed by atoms with E-state index >= 15 is 0 Å². The van der Waals surface area contributed by atoms with E-state index < -0.39 is 0 Å². The molecule has 0 aromatic heterocycles. The fourth-order valence-electron chi connectivity index (χ4n) is 1.79. The summed E-state index contributed by atoms with van der Waals surface area (Å²) in [5.41, 5.74) is 1.26. The Morgan fingerprint density at radius 3 is 2.76 bits per heavy atom. The van der Waals surface area contributed by atoms with Crippen molar-refractivity contribution in [2.75, 3.05) is 11.0 Å². The molecule has 96 valence electrons.